The maximum Gasteiger partial charge on any atom is 0.241 e. The number of thiocarbonyl (C=S) groups is 1. The Kier molecular flexibility index (Phi) is 7.44. The number of ether oxygens (including phenoxy) is 2. The number of thioether (sulfide) groups is 1. The number of aryl methyl sites for hydroxylation is 1. The fraction of sp³-hybridized carbons (Fsp3) is 0.609. The lowest BCUT2D eigenvalue weighted by atomic mass is 9.79. The van der Waals surface area contributed by atoms with Crippen molar-refractivity contribution in [3.63, 3.8) is 0 Å². The average molecular weight is 463 g/mol. The van der Waals surface area contributed by atoms with Gasteiger partial charge in [-0.25, -0.2) is 0 Å². The highest BCUT2D eigenvalue weighted by molar-refractivity contribution is 7.99. The topological polar surface area (TPSA) is 67.9 Å². The van der Waals surface area contributed by atoms with Crippen molar-refractivity contribution in [1.29, 1.82) is 0 Å². The summed E-state index contributed by atoms with van der Waals surface area (Å²) in [6.07, 6.45) is 2.92. The number of carbonyl (C=O) groups is 2. The van der Waals surface area contributed by atoms with E-state index in [1.807, 2.05) is 0 Å². The molecule has 0 bridgehead atoms. The number of carbonyl (C=O) groups excluding carboxylic acids is 2. The lowest BCUT2D eigenvalue weighted by Crippen LogP contribution is -2.53. The molecule has 0 aromatic heterocycles. The van der Waals surface area contributed by atoms with Crippen molar-refractivity contribution in [2.24, 2.45) is 11.8 Å². The van der Waals surface area contributed by atoms with E-state index in [2.05, 4.69) is 29.6 Å². The van der Waals surface area contributed by atoms with Gasteiger partial charge in [0, 0.05) is 37.8 Å². The zero-order valence-electron chi connectivity index (χ0n) is 18.0. The van der Waals surface area contributed by atoms with Gasteiger partial charge in [-0.1, -0.05) is 36.5 Å². The Morgan fingerprint density at radius 2 is 2.00 bits per heavy atom. The molecule has 0 radical (unpaired) electrons. The van der Waals surface area contributed by atoms with Crippen LogP contribution in [0.3, 0.4) is 0 Å². The minimum atomic E-state index is -0.591. The van der Waals surface area contributed by atoms with Crippen LogP contribution in [0.2, 0.25) is 0 Å². The van der Waals surface area contributed by atoms with Gasteiger partial charge in [-0.05, 0) is 36.3 Å². The molecule has 31 heavy (non-hydrogen) atoms. The summed E-state index contributed by atoms with van der Waals surface area (Å²) >= 11 is 7.20. The van der Waals surface area contributed by atoms with Crippen LogP contribution in [0.4, 0.5) is 0 Å². The minimum absolute atomic E-state index is 0.0821. The van der Waals surface area contributed by atoms with Crippen molar-refractivity contribution in [3.8, 4) is 0 Å². The Labute approximate surface area is 193 Å². The zero-order valence-corrected chi connectivity index (χ0v) is 19.7. The Balaban J connectivity index is 1.44. The summed E-state index contributed by atoms with van der Waals surface area (Å²) in [6.45, 7) is 0.430. The first-order chi connectivity index (χ1) is 15.0. The first-order valence-corrected chi connectivity index (χ1v) is 12.4. The first-order valence-electron chi connectivity index (χ1n) is 10.8. The van der Waals surface area contributed by atoms with E-state index in [-0.39, 0.29) is 17.7 Å². The molecular formula is C23H30N2O4S2. The van der Waals surface area contributed by atoms with Crippen LogP contribution in [0.25, 0.3) is 0 Å². The van der Waals surface area contributed by atoms with Crippen LogP contribution in [0.1, 0.15) is 24.0 Å². The Hall–Kier alpha value is -1.32. The summed E-state index contributed by atoms with van der Waals surface area (Å²) in [7, 11) is 3.16. The van der Waals surface area contributed by atoms with Crippen LogP contribution in [0.5, 0.6) is 0 Å². The predicted molar refractivity (Wildman–Crippen MR) is 125 cm³/mol. The largest absolute Gasteiger partial charge is 0.354 e. The van der Waals surface area contributed by atoms with Crippen LogP contribution < -0.4 is 5.32 Å². The average Bonchev–Trinajstić information content (AvgIpc) is 3.41. The van der Waals surface area contributed by atoms with E-state index >= 15 is 0 Å². The third-order valence-corrected chi connectivity index (χ3v) is 8.15. The fourth-order valence-corrected chi connectivity index (χ4v) is 6.63. The van der Waals surface area contributed by atoms with E-state index < -0.39 is 18.2 Å². The second-order valence-corrected chi connectivity index (χ2v) is 10.1. The number of methoxy groups -OCH3 is 2. The van der Waals surface area contributed by atoms with Crippen molar-refractivity contribution in [3.05, 3.63) is 35.4 Å². The summed E-state index contributed by atoms with van der Waals surface area (Å²) in [6, 6.07) is 7.71. The number of benzene rings is 1. The Morgan fingerprint density at radius 3 is 2.74 bits per heavy atom. The number of fused-ring (bicyclic) bond motifs is 1. The molecule has 0 saturated carbocycles. The summed E-state index contributed by atoms with van der Waals surface area (Å²) < 4.78 is 10.8. The van der Waals surface area contributed by atoms with Gasteiger partial charge in [0.25, 0.3) is 0 Å². The van der Waals surface area contributed by atoms with Crippen molar-refractivity contribution in [2.45, 2.75) is 44.1 Å². The molecule has 168 valence electrons. The van der Waals surface area contributed by atoms with Crippen LogP contribution in [0.15, 0.2) is 24.3 Å². The van der Waals surface area contributed by atoms with Gasteiger partial charge in [0.15, 0.2) is 6.29 Å². The number of nitrogens with zero attached hydrogens (tertiary/aromatic N) is 1. The van der Waals surface area contributed by atoms with E-state index in [1.54, 1.807) is 30.9 Å². The van der Waals surface area contributed by atoms with Gasteiger partial charge < -0.3 is 19.7 Å². The second-order valence-electron chi connectivity index (χ2n) is 8.57. The predicted octanol–water partition coefficient (Wildman–Crippen LogP) is 2.23. The maximum atomic E-state index is 13.4. The standard InChI is InChI=1S/C23H30N2O4S2/c1-28-23(29-2)17-12-31-13-25(17)22(27)21-20(19(30)11-24-21)18(26)10-14-7-8-15-5-3-4-6-16(15)9-14/h3-6,14,17,20-21,23-24H,7-13H2,1-2H3/t14-,17-,20?,21-/m0/s1. The monoisotopic (exact) mass is 462 g/mol. The van der Waals surface area contributed by atoms with Crippen LogP contribution in [0, 0.1) is 11.8 Å². The molecule has 1 aliphatic carbocycles. The molecule has 1 amide bonds. The molecule has 0 spiro atoms. The molecule has 2 fully saturated rings. The van der Waals surface area contributed by atoms with E-state index in [0.29, 0.717) is 29.6 Å². The summed E-state index contributed by atoms with van der Waals surface area (Å²) in [4.78, 5) is 29.2. The van der Waals surface area contributed by atoms with E-state index in [0.717, 1.165) is 25.0 Å². The Morgan fingerprint density at radius 1 is 1.26 bits per heavy atom. The zero-order chi connectivity index (χ0) is 22.0. The van der Waals surface area contributed by atoms with E-state index in [9.17, 15) is 9.59 Å². The molecule has 6 nitrogen and oxygen atoms in total. The maximum absolute atomic E-state index is 13.4. The van der Waals surface area contributed by atoms with Crippen LogP contribution >= 0.6 is 24.0 Å². The molecule has 1 aromatic rings. The molecule has 2 aliphatic heterocycles. The smallest absolute Gasteiger partial charge is 0.241 e. The molecule has 4 rings (SSSR count). The quantitative estimate of drug-likeness (QED) is 0.492. The minimum Gasteiger partial charge on any atom is -0.354 e. The lowest BCUT2D eigenvalue weighted by molar-refractivity contribution is -0.157. The van der Waals surface area contributed by atoms with Gasteiger partial charge in [0.05, 0.1) is 17.8 Å². The van der Waals surface area contributed by atoms with Crippen molar-refractivity contribution in [1.82, 2.24) is 10.2 Å². The van der Waals surface area contributed by atoms with Gasteiger partial charge in [0.1, 0.15) is 11.8 Å². The number of nitrogens with one attached hydrogen (secondary N) is 1. The Bertz CT molecular complexity index is 845. The third kappa shape index (κ3) is 4.73. The molecule has 8 heteroatoms. The van der Waals surface area contributed by atoms with Gasteiger partial charge in [0.2, 0.25) is 5.91 Å². The van der Waals surface area contributed by atoms with E-state index in [4.69, 9.17) is 21.7 Å². The van der Waals surface area contributed by atoms with Gasteiger partial charge >= 0.3 is 0 Å². The molecular weight excluding hydrogens is 432 g/mol. The SMILES string of the molecule is COC(OC)[C@@H]1CSCN1C(=O)[C@H]1NCC(=S)C1C(=O)C[C@H]1CCc2ccccc2C1. The highest BCUT2D eigenvalue weighted by atomic mass is 32.2. The second kappa shape index (κ2) is 10.1. The van der Waals surface area contributed by atoms with Gasteiger partial charge in [-0.3, -0.25) is 9.59 Å². The molecule has 2 saturated heterocycles. The highest BCUT2D eigenvalue weighted by Gasteiger charge is 2.46. The highest BCUT2D eigenvalue weighted by Crippen LogP contribution is 2.32. The molecule has 3 aliphatic rings. The number of Topliss-reactive ketones (excluding diaryl/α,β-unsaturated/α-hetero) is 1. The number of hydrogen-bond acceptors (Lipinski definition) is 7. The lowest BCUT2D eigenvalue weighted by Gasteiger charge is -2.32. The van der Waals surface area contributed by atoms with Gasteiger partial charge in [-0.15, -0.1) is 11.8 Å². The van der Waals surface area contributed by atoms with Crippen molar-refractivity contribution < 1.29 is 19.1 Å². The van der Waals surface area contributed by atoms with E-state index in [1.165, 1.54) is 11.1 Å². The number of rotatable bonds is 7. The third-order valence-electron chi connectivity index (χ3n) is 6.71. The van der Waals surface area contributed by atoms with Crippen molar-refractivity contribution >= 4 is 40.5 Å². The van der Waals surface area contributed by atoms with Crippen LogP contribution in [-0.4, -0.2) is 72.2 Å². The normalized spacial score (nSPS) is 28.2. The van der Waals surface area contributed by atoms with Gasteiger partial charge in [-0.2, -0.15) is 0 Å². The summed E-state index contributed by atoms with van der Waals surface area (Å²) in [5.41, 5.74) is 2.73. The molecule has 1 N–H and O–H groups in total. The molecule has 1 aromatic carbocycles. The van der Waals surface area contributed by atoms with Crippen LogP contribution in [-0.2, 0) is 31.9 Å². The molecule has 1 unspecified atom stereocenters. The number of amides is 1. The van der Waals surface area contributed by atoms with Crippen molar-refractivity contribution in [2.75, 3.05) is 32.4 Å². The summed E-state index contributed by atoms with van der Waals surface area (Å²) in [5, 5.41) is 3.22. The first kappa shape index (κ1) is 22.9. The fourth-order valence-electron chi connectivity index (χ4n) is 5.08. The number of hydrogen-bond donors (Lipinski definition) is 1. The number of ketones is 1. The molecule has 2 heterocycles. The molecule has 4 atom stereocenters. The summed E-state index contributed by atoms with van der Waals surface area (Å²) in [5.74, 6) is 1.10.